The summed E-state index contributed by atoms with van der Waals surface area (Å²) in [6, 6.07) is 0. The summed E-state index contributed by atoms with van der Waals surface area (Å²) in [4.78, 5) is 44.1. The average Bonchev–Trinajstić information content (AvgIpc) is 2.98. The lowest BCUT2D eigenvalue weighted by atomic mass is 10.2. The van der Waals surface area contributed by atoms with Crippen molar-refractivity contribution in [2.45, 2.75) is 39.7 Å². The Morgan fingerprint density at radius 1 is 1.30 bits per heavy atom. The van der Waals surface area contributed by atoms with Gasteiger partial charge in [0.2, 0.25) is 11.6 Å². The molecule has 0 atom stereocenters. The van der Waals surface area contributed by atoms with Crippen molar-refractivity contribution in [3.63, 3.8) is 0 Å². The molecule has 0 saturated carbocycles. The number of nitrogens with zero attached hydrogens (tertiary/aromatic N) is 2. The average molecular weight is 400 g/mol. The summed E-state index contributed by atoms with van der Waals surface area (Å²) in [7, 11) is 1.30. The van der Waals surface area contributed by atoms with Gasteiger partial charge < -0.3 is 24.9 Å². The topological polar surface area (TPSA) is 128 Å². The number of nitrogens with one attached hydrogen (secondary N) is 2. The van der Waals surface area contributed by atoms with E-state index in [0.717, 1.165) is 11.3 Å². The van der Waals surface area contributed by atoms with Crippen LogP contribution in [-0.2, 0) is 23.9 Å². The number of alkyl carbamates (subject to hydrolysis) is 1. The van der Waals surface area contributed by atoms with E-state index in [1.54, 1.807) is 33.1 Å². The molecule has 0 unspecified atom stereocenters. The van der Waals surface area contributed by atoms with E-state index in [1.165, 1.54) is 7.11 Å². The maximum absolute atomic E-state index is 11.9. The first-order valence-corrected chi connectivity index (χ1v) is 9.05. The Labute approximate surface area is 161 Å². The number of hydrogen-bond acceptors (Lipinski definition) is 9. The van der Waals surface area contributed by atoms with Crippen LogP contribution in [0.3, 0.4) is 0 Å². The third-order valence-corrected chi connectivity index (χ3v) is 3.42. The van der Waals surface area contributed by atoms with Crippen molar-refractivity contribution in [2.75, 3.05) is 25.6 Å². The zero-order valence-corrected chi connectivity index (χ0v) is 16.8. The van der Waals surface area contributed by atoms with Crippen molar-refractivity contribution >= 4 is 40.1 Å². The molecule has 150 valence electrons. The SMILES string of the molecule is CCOC(=O)/C(=N\OC)c1csc(NC(=O)CCNC(=O)OC(C)(C)C)n1. The summed E-state index contributed by atoms with van der Waals surface area (Å²) in [6.07, 6.45) is -0.563. The van der Waals surface area contributed by atoms with Crippen LogP contribution in [0.5, 0.6) is 0 Å². The van der Waals surface area contributed by atoms with Crippen LogP contribution in [0.25, 0.3) is 0 Å². The monoisotopic (exact) mass is 400 g/mol. The number of carbonyl (C=O) groups is 3. The van der Waals surface area contributed by atoms with Gasteiger partial charge in [0, 0.05) is 18.3 Å². The maximum atomic E-state index is 11.9. The van der Waals surface area contributed by atoms with Gasteiger partial charge in [-0.2, -0.15) is 0 Å². The third kappa shape index (κ3) is 8.49. The van der Waals surface area contributed by atoms with Gasteiger partial charge in [0.05, 0.1) is 6.61 Å². The van der Waals surface area contributed by atoms with Gasteiger partial charge in [-0.3, -0.25) is 4.79 Å². The molecule has 1 aromatic rings. The number of rotatable bonds is 8. The zero-order chi connectivity index (χ0) is 20.4. The Kier molecular flexibility index (Phi) is 8.66. The van der Waals surface area contributed by atoms with Gasteiger partial charge >= 0.3 is 12.1 Å². The quantitative estimate of drug-likeness (QED) is 0.387. The molecule has 0 aliphatic carbocycles. The number of thiazole rings is 1. The highest BCUT2D eigenvalue weighted by Gasteiger charge is 2.20. The Hall–Kier alpha value is -2.69. The number of ether oxygens (including phenoxy) is 2. The van der Waals surface area contributed by atoms with Crippen molar-refractivity contribution in [1.29, 1.82) is 0 Å². The predicted octanol–water partition coefficient (Wildman–Crippen LogP) is 1.91. The molecule has 1 rings (SSSR count). The summed E-state index contributed by atoms with van der Waals surface area (Å²) in [6.45, 7) is 7.20. The van der Waals surface area contributed by atoms with E-state index >= 15 is 0 Å². The highest BCUT2D eigenvalue weighted by molar-refractivity contribution is 7.14. The Balaban J connectivity index is 2.56. The van der Waals surface area contributed by atoms with Crippen LogP contribution in [0.1, 0.15) is 39.8 Å². The third-order valence-electron chi connectivity index (χ3n) is 2.66. The van der Waals surface area contributed by atoms with Gasteiger partial charge in [0.15, 0.2) is 5.13 Å². The first-order valence-electron chi connectivity index (χ1n) is 8.17. The van der Waals surface area contributed by atoms with Crippen molar-refractivity contribution in [1.82, 2.24) is 10.3 Å². The summed E-state index contributed by atoms with van der Waals surface area (Å²) in [5.74, 6) is -1.03. The molecular weight excluding hydrogens is 376 g/mol. The van der Waals surface area contributed by atoms with E-state index in [9.17, 15) is 14.4 Å². The van der Waals surface area contributed by atoms with Crippen LogP contribution < -0.4 is 10.6 Å². The van der Waals surface area contributed by atoms with E-state index in [0.29, 0.717) is 0 Å². The fourth-order valence-electron chi connectivity index (χ4n) is 1.69. The van der Waals surface area contributed by atoms with Gasteiger partial charge in [0.1, 0.15) is 18.4 Å². The molecule has 27 heavy (non-hydrogen) atoms. The fraction of sp³-hybridized carbons (Fsp3) is 0.562. The minimum Gasteiger partial charge on any atom is -0.461 e. The standard InChI is InChI=1S/C16H24N4O6S/c1-6-25-13(22)12(20-24-5)10-9-27-14(18-10)19-11(21)7-8-17-15(23)26-16(2,3)4/h9H,6-8H2,1-5H3,(H,17,23)(H,18,19,21)/b20-12-. The van der Waals surface area contributed by atoms with E-state index in [4.69, 9.17) is 9.47 Å². The molecule has 1 aromatic heterocycles. The number of aromatic nitrogens is 1. The normalized spacial score (nSPS) is 11.5. The predicted molar refractivity (Wildman–Crippen MR) is 99.8 cm³/mol. The lowest BCUT2D eigenvalue weighted by Gasteiger charge is -2.19. The first-order chi connectivity index (χ1) is 12.7. The van der Waals surface area contributed by atoms with Crippen molar-refractivity contribution in [3.05, 3.63) is 11.1 Å². The number of carbonyl (C=O) groups excluding carboxylic acids is 3. The highest BCUT2D eigenvalue weighted by atomic mass is 32.1. The molecule has 0 radical (unpaired) electrons. The minimum atomic E-state index is -0.677. The number of amides is 2. The van der Waals surface area contributed by atoms with Crippen LogP contribution in [0.15, 0.2) is 10.5 Å². The molecule has 0 aliphatic heterocycles. The van der Waals surface area contributed by atoms with Crippen LogP contribution in [0.4, 0.5) is 9.93 Å². The Morgan fingerprint density at radius 2 is 2.00 bits per heavy atom. The number of esters is 1. The summed E-state index contributed by atoms with van der Waals surface area (Å²) >= 11 is 1.12. The van der Waals surface area contributed by atoms with Crippen molar-refractivity contribution in [3.8, 4) is 0 Å². The van der Waals surface area contributed by atoms with E-state index in [-0.39, 0.29) is 42.0 Å². The fourth-order valence-corrected chi connectivity index (χ4v) is 2.40. The lowest BCUT2D eigenvalue weighted by Crippen LogP contribution is -2.34. The number of oxime groups is 1. The highest BCUT2D eigenvalue weighted by Crippen LogP contribution is 2.17. The molecule has 0 aromatic carbocycles. The summed E-state index contributed by atoms with van der Waals surface area (Å²) in [5.41, 5.74) is -0.477. The number of anilines is 1. The molecule has 0 aliphatic rings. The molecule has 0 saturated heterocycles. The van der Waals surface area contributed by atoms with Crippen molar-refractivity contribution < 1.29 is 28.7 Å². The Bertz CT molecular complexity index is 695. The molecule has 1 heterocycles. The van der Waals surface area contributed by atoms with E-state index in [2.05, 4.69) is 25.6 Å². The lowest BCUT2D eigenvalue weighted by molar-refractivity contribution is -0.135. The molecule has 0 bridgehead atoms. The largest absolute Gasteiger partial charge is 0.461 e. The summed E-state index contributed by atoms with van der Waals surface area (Å²) in [5, 5.41) is 10.5. The van der Waals surface area contributed by atoms with Gasteiger partial charge in [-0.1, -0.05) is 5.16 Å². The molecule has 11 heteroatoms. The zero-order valence-electron chi connectivity index (χ0n) is 16.0. The van der Waals surface area contributed by atoms with Crippen LogP contribution in [0, 0.1) is 0 Å². The minimum absolute atomic E-state index is 0.0328. The summed E-state index contributed by atoms with van der Waals surface area (Å²) < 4.78 is 9.96. The van der Waals surface area contributed by atoms with Gasteiger partial charge in [0.25, 0.3) is 0 Å². The molecular formula is C16H24N4O6S. The van der Waals surface area contributed by atoms with Crippen LogP contribution in [-0.4, -0.2) is 54.5 Å². The second-order valence-electron chi connectivity index (χ2n) is 6.11. The Morgan fingerprint density at radius 3 is 2.59 bits per heavy atom. The molecule has 2 amide bonds. The van der Waals surface area contributed by atoms with E-state index < -0.39 is 17.7 Å². The molecule has 0 spiro atoms. The second kappa shape index (κ2) is 10.5. The maximum Gasteiger partial charge on any atom is 0.407 e. The molecule has 0 fully saturated rings. The van der Waals surface area contributed by atoms with Crippen LogP contribution in [0.2, 0.25) is 0 Å². The smallest absolute Gasteiger partial charge is 0.407 e. The first kappa shape index (κ1) is 22.4. The van der Waals surface area contributed by atoms with Gasteiger partial charge in [-0.15, -0.1) is 11.3 Å². The second-order valence-corrected chi connectivity index (χ2v) is 6.97. The molecule has 10 nitrogen and oxygen atoms in total. The van der Waals surface area contributed by atoms with Crippen LogP contribution >= 0.6 is 11.3 Å². The molecule has 2 N–H and O–H groups in total. The number of hydrogen-bond donors (Lipinski definition) is 2. The van der Waals surface area contributed by atoms with Gasteiger partial charge in [-0.05, 0) is 27.7 Å². The van der Waals surface area contributed by atoms with E-state index in [1.807, 2.05) is 0 Å². The van der Waals surface area contributed by atoms with Gasteiger partial charge in [-0.25, -0.2) is 14.6 Å². The van der Waals surface area contributed by atoms with Crippen molar-refractivity contribution in [2.24, 2.45) is 5.16 Å².